The Hall–Kier alpha value is -1.88. The van der Waals surface area contributed by atoms with Crippen molar-refractivity contribution in [1.82, 2.24) is 5.32 Å². The number of halogens is 1. The fourth-order valence-electron chi connectivity index (χ4n) is 3.06. The zero-order valence-electron chi connectivity index (χ0n) is 14.4. The van der Waals surface area contributed by atoms with E-state index < -0.39 is 0 Å². The van der Waals surface area contributed by atoms with Gasteiger partial charge in [-0.15, -0.1) is 12.4 Å². The Labute approximate surface area is 155 Å². The Morgan fingerprint density at radius 2 is 1.76 bits per heavy atom. The van der Waals surface area contributed by atoms with Crippen LogP contribution in [-0.4, -0.2) is 24.7 Å². The van der Waals surface area contributed by atoms with Gasteiger partial charge in [-0.2, -0.15) is 0 Å². The molecule has 4 nitrogen and oxygen atoms in total. The maximum absolute atomic E-state index is 12.3. The number of rotatable bonds is 5. The average molecular weight is 361 g/mol. The number of carbonyl (C=O) groups is 1. The van der Waals surface area contributed by atoms with Crippen molar-refractivity contribution in [3.63, 3.8) is 0 Å². The molecule has 1 amide bonds. The van der Waals surface area contributed by atoms with Crippen molar-refractivity contribution < 1.29 is 9.53 Å². The van der Waals surface area contributed by atoms with E-state index in [0.717, 1.165) is 18.4 Å². The molecule has 1 saturated heterocycles. The number of nitrogens with two attached hydrogens (primary N) is 1. The van der Waals surface area contributed by atoms with Crippen LogP contribution in [0.25, 0.3) is 11.1 Å². The van der Waals surface area contributed by atoms with Crippen LogP contribution in [0.3, 0.4) is 0 Å². The van der Waals surface area contributed by atoms with Gasteiger partial charge in [0.2, 0.25) is 5.91 Å². The molecule has 2 aromatic rings. The molecule has 0 aliphatic carbocycles. The molecule has 1 aliphatic heterocycles. The molecule has 0 radical (unpaired) electrons. The van der Waals surface area contributed by atoms with Gasteiger partial charge in [0.15, 0.2) is 0 Å². The minimum Gasteiger partial charge on any atom is -0.364 e. The summed E-state index contributed by atoms with van der Waals surface area (Å²) in [6, 6.07) is 18.5. The molecule has 1 unspecified atom stereocenters. The van der Waals surface area contributed by atoms with Gasteiger partial charge in [0.25, 0.3) is 0 Å². The summed E-state index contributed by atoms with van der Waals surface area (Å²) in [7, 11) is 0. The predicted molar refractivity (Wildman–Crippen MR) is 103 cm³/mol. The van der Waals surface area contributed by atoms with Crippen LogP contribution in [0.5, 0.6) is 0 Å². The molecule has 3 N–H and O–H groups in total. The molecule has 0 bridgehead atoms. The van der Waals surface area contributed by atoms with E-state index >= 15 is 0 Å². The molecular formula is C20H25ClN2O2. The molecule has 0 aromatic heterocycles. The third-order valence-corrected chi connectivity index (χ3v) is 4.54. The highest BCUT2D eigenvalue weighted by atomic mass is 35.5. The van der Waals surface area contributed by atoms with Crippen molar-refractivity contribution in [1.29, 1.82) is 0 Å². The monoisotopic (exact) mass is 360 g/mol. The number of nitrogens with one attached hydrogen (secondary N) is 1. The SMILES string of the molecule is CC(NC(=O)[C@@H]1CC[C@H](CN)O1)c1ccc(-c2ccccc2)cc1.Cl. The second-order valence-electron chi connectivity index (χ2n) is 6.28. The van der Waals surface area contributed by atoms with Crippen molar-refractivity contribution in [2.45, 2.75) is 38.0 Å². The van der Waals surface area contributed by atoms with E-state index in [1.54, 1.807) is 0 Å². The summed E-state index contributed by atoms with van der Waals surface area (Å²) in [6.45, 7) is 2.46. The van der Waals surface area contributed by atoms with Gasteiger partial charge in [-0.1, -0.05) is 54.6 Å². The number of benzene rings is 2. The number of carbonyl (C=O) groups excluding carboxylic acids is 1. The van der Waals surface area contributed by atoms with Crippen LogP contribution >= 0.6 is 12.4 Å². The highest BCUT2D eigenvalue weighted by Gasteiger charge is 2.30. The van der Waals surface area contributed by atoms with E-state index in [4.69, 9.17) is 10.5 Å². The lowest BCUT2D eigenvalue weighted by atomic mass is 10.0. The average Bonchev–Trinajstić information content (AvgIpc) is 3.12. The van der Waals surface area contributed by atoms with E-state index in [0.29, 0.717) is 6.54 Å². The summed E-state index contributed by atoms with van der Waals surface area (Å²) in [5.41, 5.74) is 9.03. The van der Waals surface area contributed by atoms with Gasteiger partial charge in [-0.3, -0.25) is 4.79 Å². The quantitative estimate of drug-likeness (QED) is 0.858. The summed E-state index contributed by atoms with van der Waals surface area (Å²) in [5.74, 6) is -0.0504. The standard InChI is InChI=1S/C20H24N2O2.ClH/c1-14(22-20(23)19-12-11-18(13-21)24-19)15-7-9-17(10-8-15)16-5-3-2-4-6-16;/h2-10,14,18-19H,11-13,21H2,1H3,(H,22,23);1H/t14?,18-,19+;/m1./s1. The van der Waals surface area contributed by atoms with Crippen molar-refractivity contribution in [3.05, 3.63) is 60.2 Å². The molecular weight excluding hydrogens is 336 g/mol. The number of hydrogen-bond donors (Lipinski definition) is 2. The zero-order valence-corrected chi connectivity index (χ0v) is 15.2. The highest BCUT2D eigenvalue weighted by Crippen LogP contribution is 2.23. The molecule has 1 fully saturated rings. The van der Waals surface area contributed by atoms with E-state index in [-0.39, 0.29) is 36.6 Å². The Balaban J connectivity index is 0.00000225. The lowest BCUT2D eigenvalue weighted by Crippen LogP contribution is -2.36. The number of hydrogen-bond acceptors (Lipinski definition) is 3. The molecule has 1 aliphatic rings. The minimum atomic E-state index is -0.371. The third-order valence-electron chi connectivity index (χ3n) is 4.54. The summed E-state index contributed by atoms with van der Waals surface area (Å²) < 4.78 is 5.65. The Morgan fingerprint density at radius 3 is 2.36 bits per heavy atom. The fraction of sp³-hybridized carbons (Fsp3) is 0.350. The molecule has 134 valence electrons. The third kappa shape index (κ3) is 4.82. The van der Waals surface area contributed by atoms with E-state index in [1.807, 2.05) is 25.1 Å². The van der Waals surface area contributed by atoms with Gasteiger partial charge in [-0.05, 0) is 36.5 Å². The molecule has 1 heterocycles. The van der Waals surface area contributed by atoms with Crippen LogP contribution in [-0.2, 0) is 9.53 Å². The predicted octanol–water partition coefficient (Wildman–Crippen LogP) is 3.46. The molecule has 0 spiro atoms. The van der Waals surface area contributed by atoms with Crippen molar-refractivity contribution in [3.8, 4) is 11.1 Å². The van der Waals surface area contributed by atoms with Gasteiger partial charge in [0, 0.05) is 6.54 Å². The smallest absolute Gasteiger partial charge is 0.249 e. The molecule has 2 aromatic carbocycles. The second-order valence-corrected chi connectivity index (χ2v) is 6.28. The zero-order chi connectivity index (χ0) is 16.9. The maximum atomic E-state index is 12.3. The largest absolute Gasteiger partial charge is 0.364 e. The van der Waals surface area contributed by atoms with Gasteiger partial charge in [-0.25, -0.2) is 0 Å². The van der Waals surface area contributed by atoms with Crippen LogP contribution in [0.15, 0.2) is 54.6 Å². The Kier molecular flexibility index (Phi) is 7.00. The molecule has 3 atom stereocenters. The van der Waals surface area contributed by atoms with E-state index in [1.165, 1.54) is 11.1 Å². The minimum absolute atomic E-state index is 0. The Bertz CT molecular complexity index is 676. The first kappa shape index (κ1) is 19.4. The fourth-order valence-corrected chi connectivity index (χ4v) is 3.06. The molecule has 5 heteroatoms. The van der Waals surface area contributed by atoms with Crippen LogP contribution in [0.4, 0.5) is 0 Å². The van der Waals surface area contributed by atoms with Gasteiger partial charge < -0.3 is 15.8 Å². The maximum Gasteiger partial charge on any atom is 0.249 e. The lowest BCUT2D eigenvalue weighted by molar-refractivity contribution is -0.132. The summed E-state index contributed by atoms with van der Waals surface area (Å²) in [4.78, 5) is 12.3. The van der Waals surface area contributed by atoms with Crippen molar-refractivity contribution in [2.24, 2.45) is 5.73 Å². The number of amides is 1. The van der Waals surface area contributed by atoms with Crippen molar-refractivity contribution >= 4 is 18.3 Å². The van der Waals surface area contributed by atoms with Crippen LogP contribution in [0.1, 0.15) is 31.4 Å². The first-order valence-electron chi connectivity index (χ1n) is 8.48. The first-order chi connectivity index (χ1) is 11.7. The number of ether oxygens (including phenoxy) is 1. The summed E-state index contributed by atoms with van der Waals surface area (Å²) >= 11 is 0. The normalized spacial score (nSPS) is 20.6. The highest BCUT2D eigenvalue weighted by molar-refractivity contribution is 5.85. The van der Waals surface area contributed by atoms with Gasteiger partial charge in [0.05, 0.1) is 12.1 Å². The lowest BCUT2D eigenvalue weighted by Gasteiger charge is -2.18. The van der Waals surface area contributed by atoms with E-state index in [2.05, 4.69) is 41.7 Å². The topological polar surface area (TPSA) is 64.4 Å². The summed E-state index contributed by atoms with van der Waals surface area (Å²) in [5, 5.41) is 3.04. The molecule has 25 heavy (non-hydrogen) atoms. The first-order valence-corrected chi connectivity index (χ1v) is 8.48. The summed E-state index contributed by atoms with van der Waals surface area (Å²) in [6.07, 6.45) is 1.24. The second kappa shape index (κ2) is 8.99. The molecule has 3 rings (SSSR count). The van der Waals surface area contributed by atoms with E-state index in [9.17, 15) is 4.79 Å². The Morgan fingerprint density at radius 1 is 1.12 bits per heavy atom. The van der Waals surface area contributed by atoms with Crippen LogP contribution in [0, 0.1) is 0 Å². The van der Waals surface area contributed by atoms with Crippen LogP contribution < -0.4 is 11.1 Å². The van der Waals surface area contributed by atoms with Gasteiger partial charge >= 0.3 is 0 Å². The van der Waals surface area contributed by atoms with Crippen LogP contribution in [0.2, 0.25) is 0 Å². The van der Waals surface area contributed by atoms with Crippen molar-refractivity contribution in [2.75, 3.05) is 6.54 Å². The molecule has 0 saturated carbocycles. The van der Waals surface area contributed by atoms with Gasteiger partial charge in [0.1, 0.15) is 6.10 Å².